The van der Waals surface area contributed by atoms with Gasteiger partial charge in [0, 0.05) is 17.6 Å². The number of benzene rings is 1. The summed E-state index contributed by atoms with van der Waals surface area (Å²) in [5.41, 5.74) is 2.13. The molecule has 92 valence electrons. The van der Waals surface area contributed by atoms with E-state index in [1.807, 2.05) is 24.3 Å². The van der Waals surface area contributed by atoms with E-state index in [4.69, 9.17) is 4.74 Å². The number of nitrogens with one attached hydrogen (secondary N) is 1. The molecule has 1 aliphatic rings. The molecule has 1 aromatic rings. The van der Waals surface area contributed by atoms with Crippen molar-refractivity contribution in [3.05, 3.63) is 29.8 Å². The van der Waals surface area contributed by atoms with Crippen LogP contribution in [0.5, 0.6) is 0 Å². The number of amides is 1. The minimum absolute atomic E-state index is 0.0113. The number of anilines is 1. The number of ether oxygens (including phenoxy) is 1. The first-order chi connectivity index (χ1) is 8.29. The summed E-state index contributed by atoms with van der Waals surface area (Å²) < 4.78 is 5.20. The summed E-state index contributed by atoms with van der Waals surface area (Å²) in [5, 5.41) is 3.88. The van der Waals surface area contributed by atoms with Crippen molar-refractivity contribution in [1.82, 2.24) is 0 Å². The first-order valence-corrected chi connectivity index (χ1v) is 6.95. The molecule has 1 N–H and O–H groups in total. The van der Waals surface area contributed by atoms with Crippen LogP contribution in [0.2, 0.25) is 0 Å². The summed E-state index contributed by atoms with van der Waals surface area (Å²) in [6, 6.07) is 7.99. The van der Waals surface area contributed by atoms with E-state index in [0.717, 1.165) is 23.9 Å². The molecule has 0 radical (unpaired) electrons. The van der Waals surface area contributed by atoms with Gasteiger partial charge in [-0.1, -0.05) is 28.1 Å². The molecular formula is C13H16BrNO2. The SMILES string of the molecule is O=C(Nc1ccc(CCBr)cc1)C1CCOC1. The van der Waals surface area contributed by atoms with Gasteiger partial charge in [0.15, 0.2) is 0 Å². The van der Waals surface area contributed by atoms with Crippen molar-refractivity contribution in [1.29, 1.82) is 0 Å². The van der Waals surface area contributed by atoms with Crippen LogP contribution >= 0.6 is 15.9 Å². The number of rotatable bonds is 4. The second-order valence-electron chi connectivity index (χ2n) is 4.19. The Hall–Kier alpha value is -0.870. The lowest BCUT2D eigenvalue weighted by Gasteiger charge is -2.09. The number of hydrogen-bond donors (Lipinski definition) is 1. The maximum Gasteiger partial charge on any atom is 0.229 e. The summed E-state index contributed by atoms with van der Waals surface area (Å²) in [6.07, 6.45) is 1.83. The van der Waals surface area contributed by atoms with Crippen LogP contribution in [0.3, 0.4) is 0 Å². The van der Waals surface area contributed by atoms with E-state index in [2.05, 4.69) is 21.2 Å². The first kappa shape index (κ1) is 12.6. The quantitative estimate of drug-likeness (QED) is 0.868. The van der Waals surface area contributed by atoms with Gasteiger partial charge in [-0.2, -0.15) is 0 Å². The molecule has 0 spiro atoms. The van der Waals surface area contributed by atoms with Gasteiger partial charge in [0.1, 0.15) is 0 Å². The third kappa shape index (κ3) is 3.54. The number of hydrogen-bond acceptors (Lipinski definition) is 2. The van der Waals surface area contributed by atoms with Crippen molar-refractivity contribution in [2.24, 2.45) is 5.92 Å². The van der Waals surface area contributed by atoms with Crippen molar-refractivity contribution in [2.45, 2.75) is 12.8 Å². The molecular weight excluding hydrogens is 282 g/mol. The zero-order valence-corrected chi connectivity index (χ0v) is 11.2. The van der Waals surface area contributed by atoms with E-state index in [1.165, 1.54) is 5.56 Å². The Bertz CT molecular complexity index is 372. The Morgan fingerprint density at radius 1 is 1.41 bits per heavy atom. The molecule has 1 unspecified atom stereocenters. The van der Waals surface area contributed by atoms with Gasteiger partial charge in [-0.25, -0.2) is 0 Å². The van der Waals surface area contributed by atoms with Gasteiger partial charge < -0.3 is 10.1 Å². The predicted octanol–water partition coefficient (Wildman–Crippen LogP) is 2.60. The standard InChI is InChI=1S/C13H16BrNO2/c14-7-5-10-1-3-12(4-2-10)15-13(16)11-6-8-17-9-11/h1-4,11H,5-9H2,(H,15,16). The molecule has 1 heterocycles. The summed E-state index contributed by atoms with van der Waals surface area (Å²) >= 11 is 3.41. The minimum atomic E-state index is 0.0113. The zero-order valence-electron chi connectivity index (χ0n) is 9.62. The maximum absolute atomic E-state index is 11.8. The normalized spacial score (nSPS) is 19.2. The van der Waals surface area contributed by atoms with E-state index in [1.54, 1.807) is 0 Å². The molecule has 1 atom stereocenters. The van der Waals surface area contributed by atoms with Gasteiger partial charge in [0.2, 0.25) is 5.91 Å². The molecule has 2 rings (SSSR count). The highest BCUT2D eigenvalue weighted by atomic mass is 79.9. The van der Waals surface area contributed by atoms with Crippen molar-refractivity contribution in [2.75, 3.05) is 23.9 Å². The fourth-order valence-electron chi connectivity index (χ4n) is 1.85. The van der Waals surface area contributed by atoms with Crippen molar-refractivity contribution < 1.29 is 9.53 Å². The van der Waals surface area contributed by atoms with Crippen LogP contribution in [0.25, 0.3) is 0 Å². The van der Waals surface area contributed by atoms with E-state index >= 15 is 0 Å². The van der Waals surface area contributed by atoms with Crippen LogP contribution in [0.15, 0.2) is 24.3 Å². The Morgan fingerprint density at radius 3 is 2.76 bits per heavy atom. The van der Waals surface area contributed by atoms with Gasteiger partial charge in [0.05, 0.1) is 12.5 Å². The Morgan fingerprint density at radius 2 is 2.18 bits per heavy atom. The second kappa shape index (κ2) is 6.17. The minimum Gasteiger partial charge on any atom is -0.381 e. The van der Waals surface area contributed by atoms with Gasteiger partial charge in [0.25, 0.3) is 0 Å². The summed E-state index contributed by atoms with van der Waals surface area (Å²) in [5.74, 6) is 0.0768. The monoisotopic (exact) mass is 297 g/mol. The molecule has 0 saturated carbocycles. The van der Waals surface area contributed by atoms with Crippen LogP contribution in [0, 0.1) is 5.92 Å². The molecule has 4 heteroatoms. The highest BCUT2D eigenvalue weighted by Gasteiger charge is 2.23. The van der Waals surface area contributed by atoms with Gasteiger partial charge in [-0.15, -0.1) is 0 Å². The summed E-state index contributed by atoms with van der Waals surface area (Å²) in [4.78, 5) is 11.8. The molecule has 1 saturated heterocycles. The highest BCUT2D eigenvalue weighted by Crippen LogP contribution is 2.16. The van der Waals surface area contributed by atoms with Crippen LogP contribution < -0.4 is 5.32 Å². The van der Waals surface area contributed by atoms with Crippen molar-refractivity contribution >= 4 is 27.5 Å². The Kier molecular flexibility index (Phi) is 4.57. The lowest BCUT2D eigenvalue weighted by Crippen LogP contribution is -2.22. The van der Waals surface area contributed by atoms with E-state index in [0.29, 0.717) is 13.2 Å². The average Bonchev–Trinajstić information content (AvgIpc) is 2.86. The van der Waals surface area contributed by atoms with Crippen LogP contribution in [0.4, 0.5) is 5.69 Å². The molecule has 0 bridgehead atoms. The number of carbonyl (C=O) groups excluding carboxylic acids is 1. The molecule has 3 nitrogen and oxygen atoms in total. The zero-order chi connectivity index (χ0) is 12.1. The fraction of sp³-hybridized carbons (Fsp3) is 0.462. The molecule has 17 heavy (non-hydrogen) atoms. The molecule has 1 aliphatic heterocycles. The van der Waals surface area contributed by atoms with E-state index in [-0.39, 0.29) is 11.8 Å². The van der Waals surface area contributed by atoms with E-state index < -0.39 is 0 Å². The van der Waals surface area contributed by atoms with E-state index in [9.17, 15) is 4.79 Å². The number of carbonyl (C=O) groups is 1. The van der Waals surface area contributed by atoms with Crippen LogP contribution in [-0.2, 0) is 16.0 Å². The fourth-order valence-corrected chi connectivity index (χ4v) is 2.31. The van der Waals surface area contributed by atoms with Crippen LogP contribution in [-0.4, -0.2) is 24.5 Å². The smallest absolute Gasteiger partial charge is 0.229 e. The molecule has 1 amide bonds. The second-order valence-corrected chi connectivity index (χ2v) is 4.98. The largest absolute Gasteiger partial charge is 0.381 e. The topological polar surface area (TPSA) is 38.3 Å². The highest BCUT2D eigenvalue weighted by molar-refractivity contribution is 9.09. The molecule has 1 fully saturated rings. The third-order valence-electron chi connectivity index (χ3n) is 2.91. The number of aryl methyl sites for hydroxylation is 1. The Balaban J connectivity index is 1.91. The predicted molar refractivity (Wildman–Crippen MR) is 71.5 cm³/mol. The van der Waals surface area contributed by atoms with Crippen LogP contribution in [0.1, 0.15) is 12.0 Å². The maximum atomic E-state index is 11.8. The van der Waals surface area contributed by atoms with Gasteiger partial charge in [-0.05, 0) is 30.5 Å². The molecule has 0 aliphatic carbocycles. The average molecular weight is 298 g/mol. The van der Waals surface area contributed by atoms with Gasteiger partial charge >= 0.3 is 0 Å². The lowest BCUT2D eigenvalue weighted by atomic mass is 10.1. The van der Waals surface area contributed by atoms with Gasteiger partial charge in [-0.3, -0.25) is 4.79 Å². The summed E-state index contributed by atoms with van der Waals surface area (Å²) in [6.45, 7) is 1.25. The molecule has 1 aromatic carbocycles. The lowest BCUT2D eigenvalue weighted by molar-refractivity contribution is -0.119. The first-order valence-electron chi connectivity index (χ1n) is 5.83. The van der Waals surface area contributed by atoms with Crippen molar-refractivity contribution in [3.63, 3.8) is 0 Å². The summed E-state index contributed by atoms with van der Waals surface area (Å²) in [7, 11) is 0. The van der Waals surface area contributed by atoms with Crippen molar-refractivity contribution in [3.8, 4) is 0 Å². The third-order valence-corrected chi connectivity index (χ3v) is 3.30. The number of alkyl halides is 1. The molecule has 0 aromatic heterocycles. The Labute approximate surface area is 110 Å². The number of halogens is 1.